The topological polar surface area (TPSA) is 62.7 Å². The number of hydrogen-bond acceptors (Lipinski definition) is 4. The van der Waals surface area contributed by atoms with Crippen LogP contribution >= 0.6 is 0 Å². The molecule has 2 aromatic rings. The summed E-state index contributed by atoms with van der Waals surface area (Å²) in [7, 11) is 3.38. The number of carboxylic acid groups (broad SMARTS) is 1. The number of pyridine rings is 1. The van der Waals surface area contributed by atoms with Crippen LogP contribution in [0.15, 0.2) is 36.4 Å². The summed E-state index contributed by atoms with van der Waals surface area (Å²) in [6, 6.07) is 7.05. The Labute approximate surface area is 129 Å². The van der Waals surface area contributed by atoms with E-state index in [1.165, 1.54) is 24.3 Å². The first-order valence-electron chi connectivity index (χ1n) is 6.44. The molecule has 1 aromatic heterocycles. The average Bonchev–Trinajstić information content (AvgIpc) is 2.46. The lowest BCUT2D eigenvalue weighted by molar-refractivity contribution is -0.137. The number of benzene rings is 1. The van der Waals surface area contributed by atoms with Gasteiger partial charge in [0.25, 0.3) is 0 Å². The van der Waals surface area contributed by atoms with Gasteiger partial charge in [-0.15, -0.1) is 0 Å². The van der Waals surface area contributed by atoms with Gasteiger partial charge >= 0.3 is 12.1 Å². The predicted octanol–water partition coefficient (Wildman–Crippen LogP) is 3.66. The van der Waals surface area contributed by atoms with Gasteiger partial charge in [0.2, 0.25) is 5.88 Å². The van der Waals surface area contributed by atoms with Crippen molar-refractivity contribution in [2.45, 2.75) is 6.18 Å². The normalized spacial score (nSPS) is 11.2. The summed E-state index contributed by atoms with van der Waals surface area (Å²) in [5.74, 6) is -1.45. The number of halogens is 3. The maximum absolute atomic E-state index is 12.7. The van der Waals surface area contributed by atoms with Gasteiger partial charge in [0, 0.05) is 25.8 Å². The number of nitrogens with zero attached hydrogens (tertiary/aromatic N) is 2. The molecule has 2 rings (SSSR count). The molecule has 122 valence electrons. The second-order valence-corrected chi connectivity index (χ2v) is 4.88. The summed E-state index contributed by atoms with van der Waals surface area (Å²) in [5.41, 5.74) is -0.630. The summed E-state index contributed by atoms with van der Waals surface area (Å²) in [6.07, 6.45) is -4.50. The molecule has 1 aromatic carbocycles. The van der Waals surface area contributed by atoms with E-state index in [9.17, 15) is 18.0 Å². The van der Waals surface area contributed by atoms with Gasteiger partial charge in [0.05, 0.1) is 5.56 Å². The SMILES string of the molecule is CN(C)c1cc(Oc2cccc(C(F)(F)F)c2)nc(C(=O)O)c1. The standard InChI is InChI=1S/C15H13F3N2O3/c1-20(2)10-7-12(14(21)22)19-13(8-10)23-11-5-3-4-9(6-11)15(16,17)18/h3-8H,1-2H3,(H,21,22). The van der Waals surface area contributed by atoms with Crippen molar-refractivity contribution < 1.29 is 27.8 Å². The third kappa shape index (κ3) is 4.12. The van der Waals surface area contributed by atoms with E-state index in [-0.39, 0.29) is 17.3 Å². The van der Waals surface area contributed by atoms with Crippen molar-refractivity contribution in [1.29, 1.82) is 0 Å². The number of anilines is 1. The lowest BCUT2D eigenvalue weighted by Crippen LogP contribution is -2.11. The highest BCUT2D eigenvalue weighted by molar-refractivity contribution is 5.86. The number of hydrogen-bond donors (Lipinski definition) is 1. The van der Waals surface area contributed by atoms with E-state index in [0.717, 1.165) is 12.1 Å². The highest BCUT2D eigenvalue weighted by Gasteiger charge is 2.30. The van der Waals surface area contributed by atoms with E-state index < -0.39 is 17.7 Å². The molecule has 5 nitrogen and oxygen atoms in total. The molecule has 0 spiro atoms. The van der Waals surface area contributed by atoms with Gasteiger partial charge in [-0.2, -0.15) is 13.2 Å². The lowest BCUT2D eigenvalue weighted by atomic mass is 10.2. The van der Waals surface area contributed by atoms with E-state index in [0.29, 0.717) is 5.69 Å². The summed E-state index contributed by atoms with van der Waals surface area (Å²) in [4.78, 5) is 16.5. The van der Waals surface area contributed by atoms with Crippen LogP contribution in [0.4, 0.5) is 18.9 Å². The van der Waals surface area contributed by atoms with Gasteiger partial charge < -0.3 is 14.7 Å². The van der Waals surface area contributed by atoms with Crippen molar-refractivity contribution in [1.82, 2.24) is 4.98 Å². The van der Waals surface area contributed by atoms with Crippen molar-refractivity contribution in [3.05, 3.63) is 47.7 Å². The van der Waals surface area contributed by atoms with Crippen molar-refractivity contribution in [3.63, 3.8) is 0 Å². The number of carbonyl (C=O) groups is 1. The molecule has 0 fully saturated rings. The van der Waals surface area contributed by atoms with Crippen LogP contribution < -0.4 is 9.64 Å². The first kappa shape index (κ1) is 16.6. The molecule has 0 aliphatic heterocycles. The molecule has 0 atom stereocenters. The fourth-order valence-electron chi connectivity index (χ4n) is 1.77. The number of ether oxygens (including phenoxy) is 1. The minimum absolute atomic E-state index is 0.0837. The van der Waals surface area contributed by atoms with Crippen molar-refractivity contribution in [2.24, 2.45) is 0 Å². The van der Waals surface area contributed by atoms with E-state index in [1.807, 2.05) is 0 Å². The van der Waals surface area contributed by atoms with Crippen molar-refractivity contribution in [3.8, 4) is 11.6 Å². The van der Waals surface area contributed by atoms with E-state index >= 15 is 0 Å². The van der Waals surface area contributed by atoms with Gasteiger partial charge in [0.1, 0.15) is 5.75 Å². The van der Waals surface area contributed by atoms with E-state index in [2.05, 4.69) is 4.98 Å². The zero-order valence-corrected chi connectivity index (χ0v) is 12.3. The minimum atomic E-state index is -4.50. The Bertz CT molecular complexity index is 730. The summed E-state index contributed by atoms with van der Waals surface area (Å²) in [5, 5.41) is 9.05. The van der Waals surface area contributed by atoms with Crippen LogP contribution in [0.2, 0.25) is 0 Å². The zero-order chi connectivity index (χ0) is 17.2. The van der Waals surface area contributed by atoms with E-state index in [1.54, 1.807) is 19.0 Å². The zero-order valence-electron chi connectivity index (χ0n) is 12.3. The number of carboxylic acids is 1. The van der Waals surface area contributed by atoms with Gasteiger partial charge in [-0.25, -0.2) is 9.78 Å². The number of aromatic nitrogens is 1. The average molecular weight is 326 g/mol. The Morgan fingerprint density at radius 1 is 1.22 bits per heavy atom. The second-order valence-electron chi connectivity index (χ2n) is 4.88. The van der Waals surface area contributed by atoms with Gasteiger partial charge in [-0.3, -0.25) is 0 Å². The maximum atomic E-state index is 12.7. The molecule has 0 saturated carbocycles. The smallest absolute Gasteiger partial charge is 0.416 e. The van der Waals surface area contributed by atoms with Crippen molar-refractivity contribution in [2.75, 3.05) is 19.0 Å². The Balaban J connectivity index is 2.38. The number of rotatable bonds is 4. The summed E-state index contributed by atoms with van der Waals surface area (Å²) >= 11 is 0. The van der Waals surface area contributed by atoms with Crippen LogP contribution in [0, 0.1) is 0 Å². The summed E-state index contributed by atoms with van der Waals surface area (Å²) in [6.45, 7) is 0. The quantitative estimate of drug-likeness (QED) is 0.929. The second kappa shape index (κ2) is 6.15. The fraction of sp³-hybridized carbons (Fsp3) is 0.200. The van der Waals surface area contributed by atoms with Gasteiger partial charge in [-0.1, -0.05) is 6.07 Å². The first-order chi connectivity index (χ1) is 10.7. The Hall–Kier alpha value is -2.77. The third-order valence-electron chi connectivity index (χ3n) is 2.91. The Kier molecular flexibility index (Phi) is 4.44. The van der Waals surface area contributed by atoms with Gasteiger partial charge in [0.15, 0.2) is 5.69 Å². The number of aromatic carboxylic acids is 1. The van der Waals surface area contributed by atoms with Crippen LogP contribution in [-0.2, 0) is 6.18 Å². The molecule has 1 heterocycles. The van der Waals surface area contributed by atoms with Crippen LogP contribution in [0.3, 0.4) is 0 Å². The molecule has 23 heavy (non-hydrogen) atoms. The highest BCUT2D eigenvalue weighted by atomic mass is 19.4. The van der Waals surface area contributed by atoms with Crippen LogP contribution in [0.1, 0.15) is 16.1 Å². The van der Waals surface area contributed by atoms with Crippen LogP contribution in [0.5, 0.6) is 11.6 Å². The fourth-order valence-corrected chi connectivity index (χ4v) is 1.77. The third-order valence-corrected chi connectivity index (χ3v) is 2.91. The molecule has 0 saturated heterocycles. The first-order valence-corrected chi connectivity index (χ1v) is 6.44. The molecular formula is C15H13F3N2O3. The molecule has 0 bridgehead atoms. The Morgan fingerprint density at radius 3 is 2.48 bits per heavy atom. The van der Waals surface area contributed by atoms with Crippen LogP contribution in [-0.4, -0.2) is 30.2 Å². The van der Waals surface area contributed by atoms with Gasteiger partial charge in [-0.05, 0) is 24.3 Å². The number of alkyl halides is 3. The van der Waals surface area contributed by atoms with Crippen molar-refractivity contribution >= 4 is 11.7 Å². The molecule has 0 aliphatic carbocycles. The van der Waals surface area contributed by atoms with E-state index in [4.69, 9.17) is 9.84 Å². The monoisotopic (exact) mass is 326 g/mol. The molecular weight excluding hydrogens is 313 g/mol. The predicted molar refractivity (Wildman–Crippen MR) is 77.0 cm³/mol. The molecule has 0 amide bonds. The maximum Gasteiger partial charge on any atom is 0.416 e. The highest BCUT2D eigenvalue weighted by Crippen LogP contribution is 2.33. The molecule has 0 unspecified atom stereocenters. The van der Waals surface area contributed by atoms with Crippen LogP contribution in [0.25, 0.3) is 0 Å². The molecule has 8 heteroatoms. The lowest BCUT2D eigenvalue weighted by Gasteiger charge is -2.15. The summed E-state index contributed by atoms with van der Waals surface area (Å²) < 4.78 is 43.4. The molecule has 0 aliphatic rings. The Morgan fingerprint density at radius 2 is 1.91 bits per heavy atom. The molecule has 1 N–H and O–H groups in total. The minimum Gasteiger partial charge on any atom is -0.477 e. The molecule has 0 radical (unpaired) electrons. The largest absolute Gasteiger partial charge is 0.477 e.